The molecule has 2 amide bonds. The van der Waals surface area contributed by atoms with Crippen LogP contribution in [0, 0.1) is 23.7 Å². The van der Waals surface area contributed by atoms with Crippen LogP contribution in [-0.4, -0.2) is 28.5 Å². The number of carbonyl (C=O) groups excluding carboxylic acids is 4. The number of fused-ring (bicyclic) bond motifs is 4. The number of aromatic hydroxyl groups is 1. The fourth-order valence-corrected chi connectivity index (χ4v) is 9.29. The molecular weight excluding hydrogens is 634 g/mol. The lowest BCUT2D eigenvalue weighted by Gasteiger charge is -2.55. The van der Waals surface area contributed by atoms with Crippen LogP contribution >= 0.6 is 11.6 Å². The molecule has 0 unspecified atom stereocenters. The number of halogens is 1. The first-order valence-corrected chi connectivity index (χ1v) is 17.2. The van der Waals surface area contributed by atoms with Gasteiger partial charge < -0.3 is 5.11 Å². The van der Waals surface area contributed by atoms with Gasteiger partial charge in [-0.1, -0.05) is 103 Å². The second-order valence-corrected chi connectivity index (χ2v) is 14.0. The molecule has 6 nitrogen and oxygen atoms in total. The summed E-state index contributed by atoms with van der Waals surface area (Å²) in [5.74, 6) is -4.67. The van der Waals surface area contributed by atoms with Gasteiger partial charge in [-0.25, -0.2) is 0 Å². The van der Waals surface area contributed by atoms with Crippen molar-refractivity contribution in [1.82, 2.24) is 0 Å². The number of rotatable bonds is 5. The quantitative estimate of drug-likeness (QED) is 0.175. The van der Waals surface area contributed by atoms with Gasteiger partial charge in [0, 0.05) is 28.0 Å². The van der Waals surface area contributed by atoms with Crippen LogP contribution in [0.4, 0.5) is 5.69 Å². The molecule has 6 atom stereocenters. The molecule has 1 aliphatic heterocycles. The van der Waals surface area contributed by atoms with E-state index in [1.807, 2.05) is 97.9 Å². The molecule has 7 heteroatoms. The average Bonchev–Trinajstić information content (AvgIpc) is 3.39. The smallest absolute Gasteiger partial charge is 0.238 e. The first kappa shape index (κ1) is 31.2. The zero-order chi connectivity index (χ0) is 34.0. The highest BCUT2D eigenvalue weighted by molar-refractivity contribution is 6.32. The Kier molecular flexibility index (Phi) is 7.53. The predicted octanol–water partition coefficient (Wildman–Crippen LogP) is 7.64. The van der Waals surface area contributed by atoms with Crippen LogP contribution in [-0.2, 0) is 31.0 Å². The van der Waals surface area contributed by atoms with E-state index in [9.17, 15) is 19.5 Å². The molecule has 3 aliphatic carbocycles. The summed E-state index contributed by atoms with van der Waals surface area (Å²) in [4.78, 5) is 59.9. The van der Waals surface area contributed by atoms with Crippen molar-refractivity contribution in [3.05, 3.63) is 148 Å². The first-order valence-electron chi connectivity index (χ1n) is 16.8. The summed E-state index contributed by atoms with van der Waals surface area (Å²) in [6, 6.07) is 30.7. The van der Waals surface area contributed by atoms with Crippen molar-refractivity contribution in [1.29, 1.82) is 0 Å². The predicted molar refractivity (Wildman–Crippen MR) is 188 cm³/mol. The number of amides is 2. The van der Waals surface area contributed by atoms with E-state index >= 15 is 4.79 Å². The normalized spacial score (nSPS) is 27.6. The van der Waals surface area contributed by atoms with Crippen molar-refractivity contribution in [3.8, 4) is 5.75 Å². The maximum atomic E-state index is 15.1. The highest BCUT2D eigenvalue weighted by atomic mass is 35.5. The molecule has 244 valence electrons. The summed E-state index contributed by atoms with van der Waals surface area (Å²) < 4.78 is 0. The highest BCUT2D eigenvalue weighted by Gasteiger charge is 2.66. The number of nitrogens with zero attached hydrogens (tertiary/aromatic N) is 1. The van der Waals surface area contributed by atoms with Crippen molar-refractivity contribution < 1.29 is 24.3 Å². The highest BCUT2D eigenvalue weighted by Crippen LogP contribution is 2.64. The lowest BCUT2D eigenvalue weighted by molar-refractivity contribution is -0.135. The molecule has 0 spiro atoms. The van der Waals surface area contributed by atoms with Crippen molar-refractivity contribution >= 4 is 46.2 Å². The van der Waals surface area contributed by atoms with Gasteiger partial charge in [-0.15, -0.1) is 0 Å². The van der Waals surface area contributed by atoms with Crippen LogP contribution in [0.2, 0.25) is 5.02 Å². The monoisotopic (exact) mass is 667 g/mol. The summed E-state index contributed by atoms with van der Waals surface area (Å²) in [6.07, 6.45) is 4.77. The second-order valence-electron chi connectivity index (χ2n) is 13.5. The number of benzene rings is 4. The van der Waals surface area contributed by atoms with Gasteiger partial charge in [0.05, 0.1) is 22.9 Å². The zero-order valence-corrected chi connectivity index (χ0v) is 27.6. The van der Waals surface area contributed by atoms with Crippen molar-refractivity contribution in [2.24, 2.45) is 23.7 Å². The van der Waals surface area contributed by atoms with Gasteiger partial charge >= 0.3 is 0 Å². The Morgan fingerprint density at radius 1 is 0.837 bits per heavy atom. The number of phenols is 1. The topological polar surface area (TPSA) is 91.8 Å². The number of aryl methyl sites for hydroxylation is 1. The van der Waals surface area contributed by atoms with Gasteiger partial charge in [0.1, 0.15) is 5.75 Å². The average molecular weight is 668 g/mol. The number of Topliss-reactive ketones (excluding diaryl/α,β-unsaturated/α-hetero) is 1. The molecule has 4 aromatic rings. The van der Waals surface area contributed by atoms with E-state index < -0.39 is 35.0 Å². The van der Waals surface area contributed by atoms with Crippen LogP contribution in [0.25, 0.3) is 5.57 Å². The minimum absolute atomic E-state index is 0.0586. The molecule has 0 bridgehead atoms. The summed E-state index contributed by atoms with van der Waals surface area (Å²) in [5.41, 5.74) is 3.00. The van der Waals surface area contributed by atoms with Gasteiger partial charge in [0.2, 0.25) is 11.8 Å². The number of hydrogen-bond acceptors (Lipinski definition) is 5. The largest absolute Gasteiger partial charge is 0.508 e. The molecule has 1 saturated heterocycles. The van der Waals surface area contributed by atoms with Crippen LogP contribution in [0.5, 0.6) is 5.75 Å². The maximum Gasteiger partial charge on any atom is 0.238 e. The summed E-state index contributed by atoms with van der Waals surface area (Å²) >= 11 is 6.59. The van der Waals surface area contributed by atoms with E-state index in [-0.39, 0.29) is 35.6 Å². The van der Waals surface area contributed by atoms with Crippen LogP contribution < -0.4 is 4.90 Å². The number of ketones is 2. The van der Waals surface area contributed by atoms with Crippen LogP contribution in [0.15, 0.2) is 121 Å². The van der Waals surface area contributed by atoms with Gasteiger partial charge in [-0.3, -0.25) is 24.1 Å². The molecule has 4 aliphatic rings. The van der Waals surface area contributed by atoms with Crippen molar-refractivity contribution in [2.45, 2.75) is 37.5 Å². The SMILES string of the molecule is CCc1ccc(N2C(=O)[C@H]3[C@H](CC=C4[C@H]3C[C@H]3C(=O)C(c5ccccc5)=CC(=O)[C@@]3(c3ccccc3)[C@H]4c3cc(Cl)ccc3O)C2=O)cc1. The number of phenolic OH excluding ortho intramolecular Hbond substituents is 1. The Bertz CT molecular complexity index is 2090. The first-order chi connectivity index (χ1) is 23.7. The summed E-state index contributed by atoms with van der Waals surface area (Å²) in [5, 5.41) is 11.9. The molecule has 2 fully saturated rings. The number of hydrogen-bond donors (Lipinski definition) is 1. The summed E-state index contributed by atoms with van der Waals surface area (Å²) in [7, 11) is 0. The van der Waals surface area contributed by atoms with E-state index in [1.54, 1.807) is 12.1 Å². The third-order valence-corrected chi connectivity index (χ3v) is 11.5. The van der Waals surface area contributed by atoms with Gasteiger partial charge in [0.15, 0.2) is 11.6 Å². The lowest BCUT2D eigenvalue weighted by Crippen LogP contribution is -2.58. The molecule has 0 radical (unpaired) electrons. The molecule has 1 saturated carbocycles. The fraction of sp³-hybridized carbons (Fsp3) is 0.238. The minimum atomic E-state index is -1.44. The van der Waals surface area contributed by atoms with E-state index in [0.717, 1.165) is 17.6 Å². The van der Waals surface area contributed by atoms with E-state index in [4.69, 9.17) is 11.6 Å². The van der Waals surface area contributed by atoms with E-state index in [0.29, 0.717) is 39.4 Å². The zero-order valence-electron chi connectivity index (χ0n) is 26.9. The maximum absolute atomic E-state index is 15.1. The molecule has 49 heavy (non-hydrogen) atoms. The van der Waals surface area contributed by atoms with Crippen molar-refractivity contribution in [3.63, 3.8) is 0 Å². The molecule has 1 heterocycles. The Morgan fingerprint density at radius 3 is 2.22 bits per heavy atom. The Labute approximate surface area is 289 Å². The Hall–Kier alpha value is -5.07. The molecule has 0 aromatic heterocycles. The van der Waals surface area contributed by atoms with Crippen LogP contribution in [0.1, 0.15) is 47.9 Å². The summed E-state index contributed by atoms with van der Waals surface area (Å²) in [6.45, 7) is 2.05. The van der Waals surface area contributed by atoms with Crippen molar-refractivity contribution in [2.75, 3.05) is 4.90 Å². The molecule has 8 rings (SSSR count). The Balaban J connectivity index is 1.35. The number of allylic oxidation sites excluding steroid dienone is 4. The standard InChI is InChI=1S/C42H34ClNO5/c1-2-24-13-16-28(17-14-24)44-40(48)30-19-18-29-32(37(30)41(44)49)22-34-39(47)31(25-9-5-3-6-10-25)23-36(46)42(34,26-11-7-4-8-12-26)38(29)33-21-27(43)15-20-35(33)45/h3-18,20-21,23,30,32,34,37-38,45H,2,19,22H2,1H3/t30-,32+,34-,37-,38+,42-/m0/s1. The van der Waals surface area contributed by atoms with E-state index in [2.05, 4.69) is 0 Å². The second kappa shape index (κ2) is 11.8. The third-order valence-electron chi connectivity index (χ3n) is 11.3. The molecular formula is C42H34ClNO5. The van der Waals surface area contributed by atoms with E-state index in [1.165, 1.54) is 17.0 Å². The number of anilines is 1. The third kappa shape index (κ3) is 4.61. The fourth-order valence-electron chi connectivity index (χ4n) is 9.11. The van der Waals surface area contributed by atoms with Crippen LogP contribution in [0.3, 0.4) is 0 Å². The van der Waals surface area contributed by atoms with Gasteiger partial charge in [-0.2, -0.15) is 0 Å². The molecule has 1 N–H and O–H groups in total. The van der Waals surface area contributed by atoms with Gasteiger partial charge in [0.25, 0.3) is 0 Å². The lowest BCUT2D eigenvalue weighted by atomic mass is 9.44. The Morgan fingerprint density at radius 2 is 1.53 bits per heavy atom. The number of imide groups is 1. The minimum Gasteiger partial charge on any atom is -0.508 e. The molecule has 4 aromatic carbocycles. The number of carbonyl (C=O) groups is 4. The van der Waals surface area contributed by atoms with Gasteiger partial charge in [-0.05, 0) is 78.3 Å².